The van der Waals surface area contributed by atoms with Gasteiger partial charge < -0.3 is 4.90 Å². The molecule has 1 aliphatic heterocycles. The summed E-state index contributed by atoms with van der Waals surface area (Å²) in [5.41, 5.74) is 1.13. The van der Waals surface area contributed by atoms with E-state index in [1.165, 1.54) is 6.07 Å². The number of hydrogen-bond donors (Lipinski definition) is 0. The Balaban J connectivity index is 2.19. The average molecular weight is 262 g/mol. The zero-order valence-corrected chi connectivity index (χ0v) is 11.3. The normalized spacial score (nSPS) is 19.3. The Labute approximate surface area is 112 Å². The van der Waals surface area contributed by atoms with Crippen molar-refractivity contribution in [2.24, 2.45) is 5.92 Å². The minimum Gasteiger partial charge on any atom is -0.338 e. The number of aryl methyl sites for hydroxylation is 1. The van der Waals surface area contributed by atoms with E-state index in [4.69, 9.17) is 0 Å². The van der Waals surface area contributed by atoms with Crippen LogP contribution >= 0.6 is 0 Å². The molecule has 0 N–H and O–H groups in total. The Morgan fingerprint density at radius 3 is 2.79 bits per heavy atom. The fraction of sp³-hybridized carbons (Fsp3) is 0.500. The highest BCUT2D eigenvalue weighted by molar-refractivity contribution is 5.94. The number of carbonyl (C=O) groups is 1. The van der Waals surface area contributed by atoms with Crippen LogP contribution in [0.25, 0.3) is 0 Å². The van der Waals surface area contributed by atoms with Crippen LogP contribution < -0.4 is 0 Å². The molecule has 0 spiro atoms. The largest absolute Gasteiger partial charge is 0.338 e. The van der Waals surface area contributed by atoms with Crippen LogP contribution in [0.4, 0.5) is 5.69 Å². The third kappa shape index (κ3) is 2.92. The van der Waals surface area contributed by atoms with Gasteiger partial charge in [-0.2, -0.15) is 0 Å². The average Bonchev–Trinajstić information content (AvgIpc) is 2.37. The lowest BCUT2D eigenvalue weighted by atomic mass is 9.99. The summed E-state index contributed by atoms with van der Waals surface area (Å²) in [4.78, 5) is 24.5. The van der Waals surface area contributed by atoms with Crippen molar-refractivity contribution in [2.45, 2.75) is 26.7 Å². The number of carbonyl (C=O) groups excluding carboxylic acids is 1. The molecule has 1 saturated heterocycles. The van der Waals surface area contributed by atoms with Crippen molar-refractivity contribution in [2.75, 3.05) is 13.1 Å². The highest BCUT2D eigenvalue weighted by Gasteiger charge is 2.23. The van der Waals surface area contributed by atoms with Gasteiger partial charge in [-0.1, -0.05) is 6.92 Å². The first-order chi connectivity index (χ1) is 8.99. The van der Waals surface area contributed by atoms with E-state index in [2.05, 4.69) is 6.92 Å². The molecule has 2 rings (SSSR count). The number of benzene rings is 1. The van der Waals surface area contributed by atoms with Gasteiger partial charge in [0.15, 0.2) is 0 Å². The summed E-state index contributed by atoms with van der Waals surface area (Å²) in [6.07, 6.45) is 2.18. The van der Waals surface area contributed by atoms with Crippen LogP contribution in [0.5, 0.6) is 0 Å². The van der Waals surface area contributed by atoms with Crippen LogP contribution in [0, 0.1) is 23.0 Å². The third-order valence-corrected chi connectivity index (χ3v) is 3.58. The minimum absolute atomic E-state index is 0.0236. The van der Waals surface area contributed by atoms with E-state index in [0.29, 0.717) is 17.0 Å². The third-order valence-electron chi connectivity index (χ3n) is 3.58. The van der Waals surface area contributed by atoms with Crippen molar-refractivity contribution in [3.05, 3.63) is 39.4 Å². The van der Waals surface area contributed by atoms with Crippen molar-refractivity contribution >= 4 is 11.6 Å². The fourth-order valence-electron chi connectivity index (χ4n) is 2.55. The maximum atomic E-state index is 12.3. The maximum Gasteiger partial charge on any atom is 0.272 e. The molecule has 0 aromatic heterocycles. The van der Waals surface area contributed by atoms with Crippen molar-refractivity contribution in [3.8, 4) is 0 Å². The van der Waals surface area contributed by atoms with E-state index in [1.807, 2.05) is 4.90 Å². The number of nitro groups is 1. The summed E-state index contributed by atoms with van der Waals surface area (Å²) in [7, 11) is 0. The first-order valence-electron chi connectivity index (χ1n) is 6.53. The number of hydrogen-bond acceptors (Lipinski definition) is 3. The van der Waals surface area contributed by atoms with Crippen molar-refractivity contribution in [3.63, 3.8) is 0 Å². The lowest BCUT2D eigenvalue weighted by molar-refractivity contribution is -0.385. The molecule has 1 amide bonds. The Bertz CT molecular complexity index is 513. The van der Waals surface area contributed by atoms with E-state index < -0.39 is 4.92 Å². The van der Waals surface area contributed by atoms with Crippen molar-refractivity contribution < 1.29 is 9.72 Å². The summed E-state index contributed by atoms with van der Waals surface area (Å²) >= 11 is 0. The molecule has 1 heterocycles. The molecule has 0 radical (unpaired) electrons. The van der Waals surface area contributed by atoms with Crippen LogP contribution in [-0.2, 0) is 0 Å². The number of nitro benzene ring substituents is 1. The second-order valence-electron chi connectivity index (χ2n) is 5.26. The number of amides is 1. The van der Waals surface area contributed by atoms with Gasteiger partial charge in [-0.25, -0.2) is 0 Å². The van der Waals surface area contributed by atoms with E-state index in [1.54, 1.807) is 19.1 Å². The highest BCUT2D eigenvalue weighted by Crippen LogP contribution is 2.22. The van der Waals surface area contributed by atoms with Gasteiger partial charge in [-0.05, 0) is 37.8 Å². The van der Waals surface area contributed by atoms with Crippen LogP contribution in [0.15, 0.2) is 18.2 Å². The molecule has 1 aromatic rings. The standard InChI is InChI=1S/C14H18N2O3/c1-10-4-3-7-15(9-10)14(17)12-5-6-13(16(18)19)11(2)8-12/h5-6,8,10H,3-4,7,9H2,1-2H3/t10-/m1/s1. The molecule has 1 aliphatic rings. The lowest BCUT2D eigenvalue weighted by Crippen LogP contribution is -2.39. The van der Waals surface area contributed by atoms with E-state index in [0.717, 1.165) is 25.9 Å². The number of nitrogens with zero attached hydrogens (tertiary/aromatic N) is 2. The zero-order chi connectivity index (χ0) is 14.0. The van der Waals surface area contributed by atoms with Gasteiger partial charge >= 0.3 is 0 Å². The Hall–Kier alpha value is -1.91. The predicted octanol–water partition coefficient (Wildman–Crippen LogP) is 2.78. The molecular weight excluding hydrogens is 244 g/mol. The van der Waals surface area contributed by atoms with Crippen molar-refractivity contribution in [1.29, 1.82) is 0 Å². The van der Waals surface area contributed by atoms with E-state index in [9.17, 15) is 14.9 Å². The zero-order valence-electron chi connectivity index (χ0n) is 11.3. The van der Waals surface area contributed by atoms with E-state index in [-0.39, 0.29) is 11.6 Å². The summed E-state index contributed by atoms with van der Waals surface area (Å²) in [6, 6.07) is 4.57. The molecule has 5 heteroatoms. The van der Waals surface area contributed by atoms with Crippen LogP contribution in [-0.4, -0.2) is 28.8 Å². The van der Waals surface area contributed by atoms with Crippen molar-refractivity contribution in [1.82, 2.24) is 4.90 Å². The van der Waals surface area contributed by atoms with Gasteiger partial charge in [0.25, 0.3) is 11.6 Å². The summed E-state index contributed by atoms with van der Waals surface area (Å²) in [6.45, 7) is 5.35. The molecule has 1 aromatic carbocycles. The van der Waals surface area contributed by atoms with Gasteiger partial charge in [-0.3, -0.25) is 14.9 Å². The number of rotatable bonds is 2. The van der Waals surface area contributed by atoms with Gasteiger partial charge in [0, 0.05) is 30.3 Å². The molecule has 0 unspecified atom stereocenters. The van der Waals surface area contributed by atoms with Crippen LogP contribution in [0.3, 0.4) is 0 Å². The minimum atomic E-state index is -0.424. The van der Waals surface area contributed by atoms with E-state index >= 15 is 0 Å². The Morgan fingerprint density at radius 1 is 1.47 bits per heavy atom. The Morgan fingerprint density at radius 2 is 2.21 bits per heavy atom. The van der Waals surface area contributed by atoms with Crippen LogP contribution in [0.1, 0.15) is 35.7 Å². The molecule has 1 fully saturated rings. The second-order valence-corrected chi connectivity index (χ2v) is 5.26. The lowest BCUT2D eigenvalue weighted by Gasteiger charge is -2.31. The maximum absolute atomic E-state index is 12.3. The highest BCUT2D eigenvalue weighted by atomic mass is 16.6. The SMILES string of the molecule is Cc1cc(C(=O)N2CCC[C@@H](C)C2)ccc1[N+](=O)[O-]. The smallest absolute Gasteiger partial charge is 0.272 e. The summed E-state index contributed by atoms with van der Waals surface area (Å²) < 4.78 is 0. The molecular formula is C14H18N2O3. The predicted molar refractivity (Wildman–Crippen MR) is 72.1 cm³/mol. The topological polar surface area (TPSA) is 63.5 Å². The Kier molecular flexibility index (Phi) is 3.83. The monoisotopic (exact) mass is 262 g/mol. The molecule has 19 heavy (non-hydrogen) atoms. The summed E-state index contributed by atoms with van der Waals surface area (Å²) in [5.74, 6) is 0.501. The van der Waals surface area contributed by atoms with Gasteiger partial charge in [0.1, 0.15) is 0 Å². The molecule has 102 valence electrons. The molecule has 0 saturated carbocycles. The van der Waals surface area contributed by atoms with Gasteiger partial charge in [0.05, 0.1) is 4.92 Å². The number of likely N-dealkylation sites (tertiary alicyclic amines) is 1. The van der Waals surface area contributed by atoms with Crippen LogP contribution in [0.2, 0.25) is 0 Å². The second kappa shape index (κ2) is 5.38. The molecule has 0 bridgehead atoms. The number of piperidine rings is 1. The molecule has 1 atom stereocenters. The molecule has 5 nitrogen and oxygen atoms in total. The first-order valence-corrected chi connectivity index (χ1v) is 6.53. The molecule has 0 aliphatic carbocycles. The first kappa shape index (κ1) is 13.5. The quantitative estimate of drug-likeness (QED) is 0.608. The van der Waals surface area contributed by atoms with Gasteiger partial charge in [-0.15, -0.1) is 0 Å². The van der Waals surface area contributed by atoms with Gasteiger partial charge in [0.2, 0.25) is 0 Å². The summed E-state index contributed by atoms with van der Waals surface area (Å²) in [5, 5.41) is 10.8. The fourth-order valence-corrected chi connectivity index (χ4v) is 2.55.